The fraction of sp³-hybridized carbons (Fsp3) is 0.797. The molecule has 1 rings (SSSR count). The second-order valence-electron chi connectivity index (χ2n) is 27.0. The van der Waals surface area contributed by atoms with Crippen molar-refractivity contribution in [3.05, 3.63) is 12.2 Å². The zero-order chi connectivity index (χ0) is 69.2. The molecule has 1 aliphatic heterocycles. The third-order valence-electron chi connectivity index (χ3n) is 17.1. The van der Waals surface area contributed by atoms with Crippen LogP contribution in [0.25, 0.3) is 0 Å². The van der Waals surface area contributed by atoms with Crippen LogP contribution in [0.5, 0.6) is 0 Å². The van der Waals surface area contributed by atoms with Crippen molar-refractivity contribution in [1.29, 1.82) is 0 Å². The standard InChI is InChI=1S/C64H115N11O14/c1-26-28-29-40(13)52(77)51-56(81)67-43(27-2)58(83)73(22)48(34-76)61(86)72(21)47(33-64(16,17)89-25)55(80)68-49(38(9)10)62(87)69(18)44(30-35(3)4)54(79)65-41(14)53(78)66-42(15)57(82)70(19)45(31-36(5)6)59(84)71(20)46(32-37(7)8)60(85)74(23)50(39(11)12)63(88)75(51)24/h26,28,35-52,76-77H,27,29-34H2,1-25H3,(H,65,79)(H,66,78)(H,67,81)(H,68,80)/b28-26+/t40-,41+,42-,43+,44+,45+,46+,47+,48-,49+,50+,51+,52-/m1/s1. The van der Waals surface area contributed by atoms with Crippen LogP contribution in [0, 0.1) is 35.5 Å². The van der Waals surface area contributed by atoms with Gasteiger partial charge in [-0.2, -0.15) is 0 Å². The van der Waals surface area contributed by atoms with Crippen LogP contribution in [0.3, 0.4) is 0 Å². The Morgan fingerprint density at radius 2 is 0.910 bits per heavy atom. The van der Waals surface area contributed by atoms with E-state index in [2.05, 4.69) is 21.3 Å². The highest BCUT2D eigenvalue weighted by atomic mass is 16.5. The van der Waals surface area contributed by atoms with Gasteiger partial charge in [-0.1, -0.05) is 95.2 Å². The van der Waals surface area contributed by atoms with Crippen molar-refractivity contribution in [2.75, 3.05) is 63.1 Å². The molecule has 25 heteroatoms. The largest absolute Gasteiger partial charge is 0.394 e. The first-order valence-corrected chi connectivity index (χ1v) is 31.6. The smallest absolute Gasteiger partial charge is 0.248 e. The topological polar surface area (TPSA) is 308 Å². The number of methoxy groups -OCH3 is 1. The van der Waals surface area contributed by atoms with E-state index >= 15 is 9.59 Å². The molecule has 0 radical (unpaired) electrons. The molecular formula is C64H115N11O14. The van der Waals surface area contributed by atoms with Gasteiger partial charge in [0, 0.05) is 62.9 Å². The SMILES string of the molecule is C/C=C/C[C@@H](C)[C@@H](O)[C@H]1C(=O)N[C@@H](CC)C(=O)N(C)[C@H](CO)C(=O)N(C)[C@@H](CC(C)(C)OC)C(=O)N[C@@H](C(C)C)C(=O)N(C)[C@@H](CC(C)C)C(=O)N[C@@H](C)C(=O)N[C@H](C)C(=O)N(C)[C@@H](CC(C)C)C(=O)N(C)[C@@H](CC(C)C)C(=O)N(C)[C@@H](C(C)C)C(=O)N1C. The van der Waals surface area contributed by atoms with E-state index in [0.29, 0.717) is 0 Å². The van der Waals surface area contributed by atoms with Gasteiger partial charge in [0.15, 0.2) is 0 Å². The number of hydrogen-bond acceptors (Lipinski definition) is 14. The first kappa shape index (κ1) is 80.8. The first-order chi connectivity index (χ1) is 41.0. The molecular weight excluding hydrogens is 1150 g/mol. The maximum atomic E-state index is 15.2. The van der Waals surface area contributed by atoms with E-state index in [9.17, 15) is 53.4 Å². The molecule has 89 heavy (non-hydrogen) atoms. The average Bonchev–Trinajstić information content (AvgIpc) is 1.47. The second kappa shape index (κ2) is 36.0. The summed E-state index contributed by atoms with van der Waals surface area (Å²) in [5, 5.41) is 34.0. The van der Waals surface area contributed by atoms with Gasteiger partial charge in [-0.15, -0.1) is 0 Å². The quantitative estimate of drug-likeness (QED) is 0.114. The van der Waals surface area contributed by atoms with Gasteiger partial charge >= 0.3 is 0 Å². The summed E-state index contributed by atoms with van der Waals surface area (Å²) in [4.78, 5) is 170. The average molecular weight is 1260 g/mol. The summed E-state index contributed by atoms with van der Waals surface area (Å²) in [5.41, 5.74) is -1.08. The second-order valence-corrected chi connectivity index (χ2v) is 27.0. The number of rotatable bonds is 17. The Morgan fingerprint density at radius 1 is 0.494 bits per heavy atom. The molecule has 1 heterocycles. The lowest BCUT2D eigenvalue weighted by molar-refractivity contribution is -0.157. The van der Waals surface area contributed by atoms with E-state index in [1.165, 1.54) is 89.9 Å². The zero-order valence-electron chi connectivity index (χ0n) is 58.4. The minimum Gasteiger partial charge on any atom is -0.394 e. The maximum Gasteiger partial charge on any atom is 0.248 e. The molecule has 0 aromatic rings. The molecule has 0 unspecified atom stereocenters. The van der Waals surface area contributed by atoms with Crippen LogP contribution in [0.15, 0.2) is 12.2 Å². The number of aliphatic hydroxyl groups excluding tert-OH is 2. The predicted octanol–water partition coefficient (Wildman–Crippen LogP) is 2.40. The van der Waals surface area contributed by atoms with Crippen molar-refractivity contribution in [2.45, 2.75) is 234 Å². The van der Waals surface area contributed by atoms with E-state index < -0.39 is 168 Å². The first-order valence-electron chi connectivity index (χ1n) is 31.6. The van der Waals surface area contributed by atoms with Crippen molar-refractivity contribution >= 4 is 65.0 Å². The Morgan fingerprint density at radius 3 is 1.36 bits per heavy atom. The summed E-state index contributed by atoms with van der Waals surface area (Å²) in [7, 11) is 11.0. The number of hydrogen-bond donors (Lipinski definition) is 6. The van der Waals surface area contributed by atoms with Crippen LogP contribution in [0.1, 0.15) is 156 Å². The maximum absolute atomic E-state index is 15.2. The van der Waals surface area contributed by atoms with Gasteiger partial charge in [0.25, 0.3) is 0 Å². The van der Waals surface area contributed by atoms with E-state index in [0.717, 1.165) is 14.7 Å². The summed E-state index contributed by atoms with van der Waals surface area (Å²) in [6, 6.07) is -14.8. The lowest BCUT2D eigenvalue weighted by Gasteiger charge is -2.41. The highest BCUT2D eigenvalue weighted by Crippen LogP contribution is 2.27. The van der Waals surface area contributed by atoms with Crippen molar-refractivity contribution in [1.82, 2.24) is 55.6 Å². The molecule has 1 aliphatic rings. The van der Waals surface area contributed by atoms with E-state index in [1.54, 1.807) is 74.5 Å². The molecule has 0 saturated carbocycles. The summed E-state index contributed by atoms with van der Waals surface area (Å²) in [6.07, 6.45) is 2.39. The van der Waals surface area contributed by atoms with E-state index in [1.807, 2.05) is 41.5 Å². The van der Waals surface area contributed by atoms with Crippen LogP contribution < -0.4 is 21.3 Å². The lowest BCUT2D eigenvalue weighted by atomic mass is 9.91. The molecule has 0 aromatic heterocycles. The number of nitrogens with one attached hydrogen (secondary N) is 4. The molecule has 25 nitrogen and oxygen atoms in total. The molecule has 0 bridgehead atoms. The van der Waals surface area contributed by atoms with Crippen molar-refractivity contribution < 1.29 is 67.7 Å². The van der Waals surface area contributed by atoms with Gasteiger partial charge in [0.1, 0.15) is 66.5 Å². The molecule has 1 fully saturated rings. The zero-order valence-corrected chi connectivity index (χ0v) is 58.4. The number of ether oxygens (including phenoxy) is 1. The van der Waals surface area contributed by atoms with Crippen LogP contribution in [-0.2, 0) is 57.5 Å². The number of carbonyl (C=O) groups excluding carboxylic acids is 11. The highest BCUT2D eigenvalue weighted by Gasteiger charge is 2.47. The van der Waals surface area contributed by atoms with Crippen LogP contribution in [0.4, 0.5) is 0 Å². The number of aliphatic hydroxyl groups is 2. The summed E-state index contributed by atoms with van der Waals surface area (Å²) >= 11 is 0. The molecule has 6 N–H and O–H groups in total. The van der Waals surface area contributed by atoms with Crippen molar-refractivity contribution in [3.8, 4) is 0 Å². The molecule has 510 valence electrons. The van der Waals surface area contributed by atoms with E-state index in [4.69, 9.17) is 4.74 Å². The van der Waals surface area contributed by atoms with Gasteiger partial charge in [0.05, 0.1) is 18.3 Å². The molecule has 0 spiro atoms. The van der Waals surface area contributed by atoms with Crippen molar-refractivity contribution in [2.24, 2.45) is 35.5 Å². The molecule has 0 aromatic carbocycles. The predicted molar refractivity (Wildman–Crippen MR) is 341 cm³/mol. The van der Waals surface area contributed by atoms with Gasteiger partial charge in [-0.05, 0) is 102 Å². The third-order valence-corrected chi connectivity index (χ3v) is 17.1. The van der Waals surface area contributed by atoms with Gasteiger partial charge < -0.3 is 70.5 Å². The Balaban J connectivity index is 4.47. The number of nitrogens with zero attached hydrogens (tertiary/aromatic N) is 7. The monoisotopic (exact) mass is 1260 g/mol. The normalized spacial score (nSPS) is 27.2. The number of likely N-dealkylation sites (N-methyl/N-ethyl adjacent to an activating group) is 7. The number of amides is 11. The number of carbonyl (C=O) groups is 11. The van der Waals surface area contributed by atoms with Crippen LogP contribution in [-0.4, -0.2) is 251 Å². The van der Waals surface area contributed by atoms with Crippen molar-refractivity contribution in [3.63, 3.8) is 0 Å². The Bertz CT molecular complexity index is 2450. The lowest BCUT2D eigenvalue weighted by Crippen LogP contribution is -2.64. The third kappa shape index (κ3) is 22.0. The Kier molecular flexibility index (Phi) is 32.7. The van der Waals surface area contributed by atoms with E-state index in [-0.39, 0.29) is 56.3 Å². The minimum absolute atomic E-state index is 0.0815. The van der Waals surface area contributed by atoms with Crippen LogP contribution >= 0.6 is 0 Å². The Labute approximate surface area is 531 Å². The summed E-state index contributed by atoms with van der Waals surface area (Å²) < 4.78 is 5.71. The molecule has 11 amide bonds. The summed E-state index contributed by atoms with van der Waals surface area (Å²) in [6.45, 7) is 28.2. The van der Waals surface area contributed by atoms with Gasteiger partial charge in [-0.3, -0.25) is 52.7 Å². The van der Waals surface area contributed by atoms with Gasteiger partial charge in [0.2, 0.25) is 65.0 Å². The van der Waals surface area contributed by atoms with Gasteiger partial charge in [-0.25, -0.2) is 0 Å². The fourth-order valence-corrected chi connectivity index (χ4v) is 11.1. The molecule has 1 saturated heterocycles. The minimum atomic E-state index is -1.68. The Hall–Kier alpha value is -6.21. The highest BCUT2D eigenvalue weighted by molar-refractivity contribution is 6.00. The molecule has 13 atom stereocenters. The van der Waals surface area contributed by atoms with Crippen LogP contribution in [0.2, 0.25) is 0 Å². The fourth-order valence-electron chi connectivity index (χ4n) is 11.1. The summed E-state index contributed by atoms with van der Waals surface area (Å²) in [5.74, 6) is -10.7. The number of allylic oxidation sites excluding steroid dienone is 2. The molecule has 0 aliphatic carbocycles.